The lowest BCUT2D eigenvalue weighted by atomic mass is 10.0. The highest BCUT2D eigenvalue weighted by Gasteiger charge is 2.05. The number of hydrogen-bond acceptors (Lipinski definition) is 3. The van der Waals surface area contributed by atoms with Crippen molar-refractivity contribution in [3.8, 4) is 11.1 Å². The summed E-state index contributed by atoms with van der Waals surface area (Å²) in [5.41, 5.74) is 4.38. The van der Waals surface area contributed by atoms with Gasteiger partial charge < -0.3 is 5.32 Å². The predicted molar refractivity (Wildman–Crippen MR) is 104 cm³/mol. The lowest BCUT2D eigenvalue weighted by Gasteiger charge is -2.09. The molecule has 0 aliphatic carbocycles. The Hall–Kier alpha value is -3.27. The first-order valence-electron chi connectivity index (χ1n) is 8.58. The van der Waals surface area contributed by atoms with Crippen molar-refractivity contribution in [2.75, 3.05) is 11.9 Å². The van der Waals surface area contributed by atoms with E-state index in [2.05, 4.69) is 51.7 Å². The van der Waals surface area contributed by atoms with Gasteiger partial charge in [-0.1, -0.05) is 54.6 Å². The van der Waals surface area contributed by atoms with Crippen molar-refractivity contribution in [3.05, 3.63) is 90.5 Å². The minimum absolute atomic E-state index is 0.286. The number of aromatic nitrogens is 2. The lowest BCUT2D eigenvalue weighted by molar-refractivity contribution is 0.629. The quantitative estimate of drug-likeness (QED) is 0.548. The van der Waals surface area contributed by atoms with Crippen LogP contribution in [-0.2, 0) is 6.42 Å². The summed E-state index contributed by atoms with van der Waals surface area (Å²) in [6.07, 6.45) is 2.35. The number of rotatable bonds is 5. The molecule has 0 bridgehead atoms. The zero-order valence-electron chi connectivity index (χ0n) is 14.2. The smallest absolute Gasteiger partial charge is 0.137 e. The Kier molecular flexibility index (Phi) is 4.56. The molecule has 0 saturated carbocycles. The molecule has 0 aliphatic heterocycles. The first kappa shape index (κ1) is 16.2. The highest BCUT2D eigenvalue weighted by atomic mass is 19.1. The SMILES string of the molecule is Fc1ccc2ncnc(NCCc3cccc(-c4ccccc4)c3)c2c1. The molecule has 1 heterocycles. The van der Waals surface area contributed by atoms with Crippen LogP contribution in [-0.4, -0.2) is 16.5 Å². The zero-order chi connectivity index (χ0) is 17.8. The van der Waals surface area contributed by atoms with Crippen molar-refractivity contribution in [2.45, 2.75) is 6.42 Å². The van der Waals surface area contributed by atoms with Gasteiger partial charge in [0.2, 0.25) is 0 Å². The summed E-state index contributed by atoms with van der Waals surface area (Å²) < 4.78 is 13.5. The molecule has 0 spiro atoms. The van der Waals surface area contributed by atoms with Crippen molar-refractivity contribution >= 4 is 16.7 Å². The average molecular weight is 343 g/mol. The van der Waals surface area contributed by atoms with Crippen molar-refractivity contribution in [1.29, 1.82) is 0 Å². The van der Waals surface area contributed by atoms with Gasteiger partial charge in [0, 0.05) is 11.9 Å². The fourth-order valence-electron chi connectivity index (χ4n) is 3.03. The van der Waals surface area contributed by atoms with Gasteiger partial charge in [0.1, 0.15) is 18.0 Å². The molecular formula is C22H18FN3. The van der Waals surface area contributed by atoms with Crippen LogP contribution in [0.4, 0.5) is 10.2 Å². The summed E-state index contributed by atoms with van der Waals surface area (Å²) in [6, 6.07) is 23.4. The number of nitrogens with one attached hydrogen (secondary N) is 1. The molecule has 3 nitrogen and oxygen atoms in total. The van der Waals surface area contributed by atoms with Gasteiger partial charge >= 0.3 is 0 Å². The van der Waals surface area contributed by atoms with Crippen LogP contribution in [0, 0.1) is 5.82 Å². The molecular weight excluding hydrogens is 325 g/mol. The van der Waals surface area contributed by atoms with Crippen molar-refractivity contribution in [1.82, 2.24) is 9.97 Å². The number of hydrogen-bond donors (Lipinski definition) is 1. The summed E-state index contributed by atoms with van der Waals surface area (Å²) >= 11 is 0. The normalized spacial score (nSPS) is 10.8. The largest absolute Gasteiger partial charge is 0.369 e. The summed E-state index contributed by atoms with van der Waals surface area (Å²) in [6.45, 7) is 0.709. The maximum Gasteiger partial charge on any atom is 0.137 e. The number of halogens is 1. The lowest BCUT2D eigenvalue weighted by Crippen LogP contribution is -2.07. The Labute approximate surface area is 151 Å². The Balaban J connectivity index is 1.48. The van der Waals surface area contributed by atoms with Gasteiger partial charge in [0.25, 0.3) is 0 Å². The fraction of sp³-hybridized carbons (Fsp3) is 0.0909. The second-order valence-electron chi connectivity index (χ2n) is 6.13. The van der Waals surface area contributed by atoms with Crippen LogP contribution in [0.1, 0.15) is 5.56 Å². The van der Waals surface area contributed by atoms with Crippen molar-refractivity contribution in [2.24, 2.45) is 0 Å². The van der Waals surface area contributed by atoms with Gasteiger partial charge in [-0.15, -0.1) is 0 Å². The van der Waals surface area contributed by atoms with E-state index in [0.717, 1.165) is 11.9 Å². The molecule has 4 aromatic rings. The molecule has 128 valence electrons. The maximum atomic E-state index is 13.5. The van der Waals surface area contributed by atoms with E-state index in [1.54, 1.807) is 6.07 Å². The van der Waals surface area contributed by atoms with Crippen LogP contribution in [0.2, 0.25) is 0 Å². The average Bonchev–Trinajstić information content (AvgIpc) is 2.69. The highest BCUT2D eigenvalue weighted by molar-refractivity contribution is 5.88. The zero-order valence-corrected chi connectivity index (χ0v) is 14.2. The highest BCUT2D eigenvalue weighted by Crippen LogP contribution is 2.22. The van der Waals surface area contributed by atoms with Crippen LogP contribution in [0.15, 0.2) is 79.1 Å². The molecule has 0 atom stereocenters. The number of anilines is 1. The minimum Gasteiger partial charge on any atom is -0.369 e. The van der Waals surface area contributed by atoms with E-state index < -0.39 is 0 Å². The van der Waals surface area contributed by atoms with Crippen LogP contribution in [0.3, 0.4) is 0 Å². The van der Waals surface area contributed by atoms with E-state index in [1.807, 2.05) is 18.2 Å². The number of fused-ring (bicyclic) bond motifs is 1. The third-order valence-electron chi connectivity index (χ3n) is 4.34. The van der Waals surface area contributed by atoms with E-state index in [0.29, 0.717) is 17.7 Å². The second-order valence-corrected chi connectivity index (χ2v) is 6.13. The van der Waals surface area contributed by atoms with E-state index in [9.17, 15) is 4.39 Å². The van der Waals surface area contributed by atoms with Crippen LogP contribution in [0.25, 0.3) is 22.0 Å². The molecule has 0 radical (unpaired) electrons. The topological polar surface area (TPSA) is 37.8 Å². The van der Waals surface area contributed by atoms with Gasteiger partial charge in [-0.05, 0) is 41.3 Å². The van der Waals surface area contributed by atoms with E-state index in [1.165, 1.54) is 35.2 Å². The predicted octanol–water partition coefficient (Wildman–Crippen LogP) is 5.09. The molecule has 0 fully saturated rings. The molecule has 0 saturated heterocycles. The van der Waals surface area contributed by atoms with Gasteiger partial charge in [-0.3, -0.25) is 0 Å². The molecule has 3 aromatic carbocycles. The number of nitrogens with zero attached hydrogens (tertiary/aromatic N) is 2. The molecule has 4 rings (SSSR count). The summed E-state index contributed by atoms with van der Waals surface area (Å²) in [7, 11) is 0. The molecule has 0 aliphatic rings. The molecule has 1 aromatic heterocycles. The first-order chi connectivity index (χ1) is 12.8. The van der Waals surface area contributed by atoms with Gasteiger partial charge in [-0.25, -0.2) is 14.4 Å². The molecule has 1 N–H and O–H groups in total. The molecule has 4 heteroatoms. The fourth-order valence-corrected chi connectivity index (χ4v) is 3.03. The van der Waals surface area contributed by atoms with E-state index in [4.69, 9.17) is 0 Å². The van der Waals surface area contributed by atoms with E-state index in [-0.39, 0.29) is 5.82 Å². The molecule has 0 unspecified atom stereocenters. The van der Waals surface area contributed by atoms with E-state index >= 15 is 0 Å². The Bertz CT molecular complexity index is 1030. The Morgan fingerprint density at radius 3 is 2.54 bits per heavy atom. The van der Waals surface area contributed by atoms with Crippen molar-refractivity contribution in [3.63, 3.8) is 0 Å². The van der Waals surface area contributed by atoms with Gasteiger partial charge in [-0.2, -0.15) is 0 Å². The third-order valence-corrected chi connectivity index (χ3v) is 4.34. The monoisotopic (exact) mass is 343 g/mol. The number of benzene rings is 3. The molecule has 0 amide bonds. The second kappa shape index (κ2) is 7.31. The maximum absolute atomic E-state index is 13.5. The minimum atomic E-state index is -0.286. The van der Waals surface area contributed by atoms with Crippen LogP contribution >= 0.6 is 0 Å². The standard InChI is InChI=1S/C22H18FN3/c23-19-9-10-21-20(14-19)22(26-15-25-21)24-12-11-16-5-4-8-18(13-16)17-6-2-1-3-7-17/h1-10,13-15H,11-12H2,(H,24,25,26). The van der Waals surface area contributed by atoms with Crippen molar-refractivity contribution < 1.29 is 4.39 Å². The Morgan fingerprint density at radius 1 is 0.808 bits per heavy atom. The first-order valence-corrected chi connectivity index (χ1v) is 8.58. The van der Waals surface area contributed by atoms with Crippen LogP contribution < -0.4 is 5.32 Å². The molecule has 26 heavy (non-hydrogen) atoms. The van der Waals surface area contributed by atoms with Gasteiger partial charge in [0.05, 0.1) is 5.52 Å². The summed E-state index contributed by atoms with van der Waals surface area (Å²) in [5.74, 6) is 0.375. The third kappa shape index (κ3) is 3.54. The van der Waals surface area contributed by atoms with Gasteiger partial charge in [0.15, 0.2) is 0 Å². The van der Waals surface area contributed by atoms with Crippen LogP contribution in [0.5, 0.6) is 0 Å². The summed E-state index contributed by atoms with van der Waals surface area (Å²) in [5, 5.41) is 4.00. The summed E-state index contributed by atoms with van der Waals surface area (Å²) in [4.78, 5) is 8.43. The Morgan fingerprint density at radius 2 is 1.65 bits per heavy atom.